The van der Waals surface area contributed by atoms with Crippen molar-refractivity contribution in [1.82, 2.24) is 5.32 Å². The van der Waals surface area contributed by atoms with Crippen LogP contribution in [-0.2, 0) is 9.53 Å². The molecule has 3 rings (SSSR count). The molecule has 0 bridgehead atoms. The fraction of sp³-hybridized carbons (Fsp3) is 0.389. The Kier molecular flexibility index (Phi) is 5.19. The van der Waals surface area contributed by atoms with Crippen LogP contribution in [0.3, 0.4) is 0 Å². The molecule has 0 unspecified atom stereocenters. The van der Waals surface area contributed by atoms with Crippen LogP contribution in [0.15, 0.2) is 42.5 Å². The van der Waals surface area contributed by atoms with Crippen LogP contribution in [0.2, 0.25) is 0 Å². The lowest BCUT2D eigenvalue weighted by Gasteiger charge is -2.42. The molecule has 0 radical (unpaired) electrons. The van der Waals surface area contributed by atoms with Crippen molar-refractivity contribution < 1.29 is 29.6 Å². The standard InChI is InChI=1S/C18H21NO6/c1-10(21)19-15-17(23)16(22)14(9-20)25-18(15)24-13-8-4-6-11-5-2-3-7-12(11)13/h2-8,14-18,20,22-23H,9H2,1H3,(H,19,21)/t14-,15-,16+,17+,18-/m0/s1. The number of carbonyl (C=O) groups is 1. The molecule has 7 nitrogen and oxygen atoms in total. The van der Waals surface area contributed by atoms with Gasteiger partial charge in [-0.05, 0) is 11.5 Å². The van der Waals surface area contributed by atoms with Crippen molar-refractivity contribution in [2.75, 3.05) is 6.61 Å². The maximum atomic E-state index is 11.5. The Labute approximate surface area is 144 Å². The summed E-state index contributed by atoms with van der Waals surface area (Å²) in [5, 5.41) is 34.1. The molecule has 1 heterocycles. The van der Waals surface area contributed by atoms with E-state index in [9.17, 15) is 20.1 Å². The van der Waals surface area contributed by atoms with Gasteiger partial charge in [0.05, 0.1) is 6.61 Å². The van der Waals surface area contributed by atoms with Gasteiger partial charge >= 0.3 is 0 Å². The van der Waals surface area contributed by atoms with E-state index in [-0.39, 0.29) is 0 Å². The van der Waals surface area contributed by atoms with Crippen LogP contribution in [0, 0.1) is 0 Å². The maximum absolute atomic E-state index is 11.5. The lowest BCUT2D eigenvalue weighted by Crippen LogP contribution is -2.65. The highest BCUT2D eigenvalue weighted by Gasteiger charge is 2.46. The Morgan fingerprint density at radius 2 is 1.88 bits per heavy atom. The van der Waals surface area contributed by atoms with Crippen LogP contribution >= 0.6 is 0 Å². The summed E-state index contributed by atoms with van der Waals surface area (Å²) in [6.07, 6.45) is -4.76. The third kappa shape index (κ3) is 3.59. The van der Waals surface area contributed by atoms with Gasteiger partial charge in [-0.3, -0.25) is 4.79 Å². The van der Waals surface area contributed by atoms with Crippen LogP contribution in [0.1, 0.15) is 6.92 Å². The minimum Gasteiger partial charge on any atom is -0.462 e. The molecule has 2 aromatic rings. The van der Waals surface area contributed by atoms with Gasteiger partial charge in [-0.25, -0.2) is 0 Å². The van der Waals surface area contributed by atoms with Crippen molar-refractivity contribution >= 4 is 16.7 Å². The van der Waals surface area contributed by atoms with E-state index in [2.05, 4.69) is 5.32 Å². The Balaban J connectivity index is 1.92. The maximum Gasteiger partial charge on any atom is 0.223 e. The van der Waals surface area contributed by atoms with Crippen LogP contribution in [0.4, 0.5) is 0 Å². The van der Waals surface area contributed by atoms with Gasteiger partial charge in [0.15, 0.2) is 0 Å². The van der Waals surface area contributed by atoms with Crippen LogP contribution in [0.25, 0.3) is 10.8 Å². The molecule has 5 atom stereocenters. The molecule has 1 amide bonds. The normalized spacial score (nSPS) is 29.4. The van der Waals surface area contributed by atoms with Gasteiger partial charge in [-0.2, -0.15) is 0 Å². The third-order valence-corrected chi connectivity index (χ3v) is 4.24. The number of hydrogen-bond acceptors (Lipinski definition) is 6. The van der Waals surface area contributed by atoms with E-state index >= 15 is 0 Å². The number of rotatable bonds is 4. The third-order valence-electron chi connectivity index (χ3n) is 4.24. The fourth-order valence-electron chi connectivity index (χ4n) is 2.99. The average Bonchev–Trinajstić information content (AvgIpc) is 2.61. The van der Waals surface area contributed by atoms with Gasteiger partial charge < -0.3 is 30.1 Å². The molecule has 134 valence electrons. The highest BCUT2D eigenvalue weighted by Crippen LogP contribution is 2.29. The molecule has 0 spiro atoms. The summed E-state index contributed by atoms with van der Waals surface area (Å²) in [6.45, 7) is 0.812. The first kappa shape index (κ1) is 17.6. The first-order valence-corrected chi connectivity index (χ1v) is 8.05. The number of aliphatic hydroxyl groups excluding tert-OH is 3. The quantitative estimate of drug-likeness (QED) is 0.628. The van der Waals surface area contributed by atoms with Crippen molar-refractivity contribution in [3.8, 4) is 5.75 Å². The number of carbonyl (C=O) groups excluding carboxylic acids is 1. The van der Waals surface area contributed by atoms with E-state index in [0.717, 1.165) is 10.8 Å². The van der Waals surface area contributed by atoms with E-state index in [1.54, 1.807) is 6.07 Å². The van der Waals surface area contributed by atoms with E-state index in [4.69, 9.17) is 9.47 Å². The molecule has 1 aliphatic rings. The molecule has 4 N–H and O–H groups in total. The molecule has 1 fully saturated rings. The first-order valence-electron chi connectivity index (χ1n) is 8.05. The zero-order valence-electron chi connectivity index (χ0n) is 13.7. The van der Waals surface area contributed by atoms with Gasteiger partial charge in [-0.15, -0.1) is 0 Å². The average molecular weight is 347 g/mol. The molecular weight excluding hydrogens is 326 g/mol. The summed E-state index contributed by atoms with van der Waals surface area (Å²) in [5.74, 6) is 0.118. The lowest BCUT2D eigenvalue weighted by molar-refractivity contribution is -0.244. The number of benzene rings is 2. The molecule has 1 aliphatic heterocycles. The van der Waals surface area contributed by atoms with Crippen molar-refractivity contribution in [1.29, 1.82) is 0 Å². The van der Waals surface area contributed by atoms with E-state index in [1.807, 2.05) is 36.4 Å². The number of fused-ring (bicyclic) bond motifs is 1. The Hall–Kier alpha value is -2.19. The number of amides is 1. The van der Waals surface area contributed by atoms with Crippen molar-refractivity contribution in [2.24, 2.45) is 0 Å². The fourth-order valence-corrected chi connectivity index (χ4v) is 2.99. The molecular formula is C18H21NO6. The number of aliphatic hydroxyl groups is 3. The molecule has 0 saturated carbocycles. The topological polar surface area (TPSA) is 108 Å². The summed E-state index contributed by atoms with van der Waals surface area (Å²) in [6, 6.07) is 12.1. The first-order chi connectivity index (χ1) is 12.0. The molecule has 25 heavy (non-hydrogen) atoms. The summed E-state index contributed by atoms with van der Waals surface area (Å²) >= 11 is 0. The lowest BCUT2D eigenvalue weighted by atomic mass is 9.97. The van der Waals surface area contributed by atoms with E-state index < -0.39 is 43.2 Å². The molecule has 0 aromatic heterocycles. The minimum absolute atomic E-state index is 0.395. The molecule has 0 aliphatic carbocycles. The van der Waals surface area contributed by atoms with Crippen LogP contribution in [-0.4, -0.2) is 58.5 Å². The Morgan fingerprint density at radius 3 is 2.60 bits per heavy atom. The Bertz CT molecular complexity index is 746. The highest BCUT2D eigenvalue weighted by molar-refractivity contribution is 5.88. The van der Waals surface area contributed by atoms with E-state index in [1.165, 1.54) is 6.92 Å². The summed E-state index contributed by atoms with van der Waals surface area (Å²) < 4.78 is 11.5. The zero-order valence-corrected chi connectivity index (χ0v) is 13.7. The highest BCUT2D eigenvalue weighted by atomic mass is 16.7. The number of nitrogens with one attached hydrogen (secondary N) is 1. The van der Waals surface area contributed by atoms with Crippen molar-refractivity contribution in [3.05, 3.63) is 42.5 Å². The second kappa shape index (κ2) is 7.37. The SMILES string of the molecule is CC(=O)N[C@@H]1[C@@H](Oc2cccc3ccccc23)O[C@@H](CO)[C@@H](O)[C@@H]1O. The van der Waals surface area contributed by atoms with Gasteiger partial charge in [-0.1, -0.05) is 36.4 Å². The second-order valence-electron chi connectivity index (χ2n) is 6.03. The Morgan fingerprint density at radius 1 is 1.16 bits per heavy atom. The summed E-state index contributed by atoms with van der Waals surface area (Å²) in [4.78, 5) is 11.5. The minimum atomic E-state index is -1.34. The number of ether oxygens (including phenoxy) is 2. The predicted molar refractivity (Wildman–Crippen MR) is 89.9 cm³/mol. The molecule has 2 aromatic carbocycles. The van der Waals surface area contributed by atoms with Crippen LogP contribution in [0.5, 0.6) is 5.75 Å². The van der Waals surface area contributed by atoms with Gasteiger partial charge in [0.1, 0.15) is 30.1 Å². The largest absolute Gasteiger partial charge is 0.462 e. The summed E-state index contributed by atoms with van der Waals surface area (Å²) in [7, 11) is 0. The van der Waals surface area contributed by atoms with Gasteiger partial charge in [0.2, 0.25) is 12.2 Å². The monoisotopic (exact) mass is 347 g/mol. The van der Waals surface area contributed by atoms with Crippen LogP contribution < -0.4 is 10.1 Å². The summed E-state index contributed by atoms with van der Waals surface area (Å²) in [5.41, 5.74) is 0. The number of hydrogen-bond donors (Lipinski definition) is 4. The zero-order chi connectivity index (χ0) is 18.0. The van der Waals surface area contributed by atoms with Crippen molar-refractivity contribution in [3.63, 3.8) is 0 Å². The van der Waals surface area contributed by atoms with Crippen molar-refractivity contribution in [2.45, 2.75) is 37.6 Å². The molecule has 1 saturated heterocycles. The van der Waals surface area contributed by atoms with E-state index in [0.29, 0.717) is 5.75 Å². The second-order valence-corrected chi connectivity index (χ2v) is 6.03. The molecule has 7 heteroatoms. The predicted octanol–water partition coefficient (Wildman–Crippen LogP) is 0.162. The smallest absolute Gasteiger partial charge is 0.223 e. The van der Waals surface area contributed by atoms with Gasteiger partial charge in [0.25, 0.3) is 0 Å². The van der Waals surface area contributed by atoms with Gasteiger partial charge in [0, 0.05) is 12.3 Å².